The third kappa shape index (κ3) is 6.04. The number of hydrogen-bond donors (Lipinski definition) is 0. The van der Waals surface area contributed by atoms with Crippen LogP contribution in [0.25, 0.3) is 0 Å². The number of nitrogens with zero attached hydrogens (tertiary/aromatic N) is 3. The van der Waals surface area contributed by atoms with Gasteiger partial charge in [-0.05, 0) is 62.8 Å². The van der Waals surface area contributed by atoms with Crippen molar-refractivity contribution in [1.82, 2.24) is 14.1 Å². The maximum absolute atomic E-state index is 13.0. The average Bonchev–Trinajstić information content (AvgIpc) is 2.79. The standard InChI is InChI=1S/C22H32FN3O4S/c1-24(31(29,30)20-9-7-19(23)8-10-20)13-5-6-21(27)25-16-11-18(12-17-25)22(28)26-14-3-2-4-15-26/h7-10,18H,2-6,11-17H2,1H3. The van der Waals surface area contributed by atoms with Crippen molar-refractivity contribution in [2.24, 2.45) is 5.92 Å². The number of halogens is 1. The highest BCUT2D eigenvalue weighted by Gasteiger charge is 2.30. The first-order chi connectivity index (χ1) is 14.8. The molecule has 0 spiro atoms. The molecule has 0 aromatic heterocycles. The van der Waals surface area contributed by atoms with E-state index in [1.165, 1.54) is 29.9 Å². The minimum atomic E-state index is -3.71. The smallest absolute Gasteiger partial charge is 0.242 e. The lowest BCUT2D eigenvalue weighted by atomic mass is 9.94. The van der Waals surface area contributed by atoms with Gasteiger partial charge < -0.3 is 9.80 Å². The Morgan fingerprint density at radius 2 is 1.61 bits per heavy atom. The SMILES string of the molecule is CN(CCCC(=O)N1CCC(C(=O)N2CCCCC2)CC1)S(=O)(=O)c1ccc(F)cc1. The van der Waals surface area contributed by atoms with E-state index in [-0.39, 0.29) is 35.6 Å². The maximum atomic E-state index is 13.0. The molecule has 0 unspecified atom stereocenters. The van der Waals surface area contributed by atoms with Gasteiger partial charge in [0, 0.05) is 52.1 Å². The van der Waals surface area contributed by atoms with Gasteiger partial charge in [-0.3, -0.25) is 9.59 Å². The number of carbonyl (C=O) groups is 2. The number of benzene rings is 1. The third-order valence-electron chi connectivity index (χ3n) is 6.25. The Morgan fingerprint density at radius 1 is 1.00 bits per heavy atom. The van der Waals surface area contributed by atoms with E-state index in [1.807, 2.05) is 4.90 Å². The normalized spacial score (nSPS) is 18.4. The van der Waals surface area contributed by atoms with Crippen molar-refractivity contribution >= 4 is 21.8 Å². The lowest BCUT2D eigenvalue weighted by Crippen LogP contribution is -2.45. The van der Waals surface area contributed by atoms with E-state index in [1.54, 1.807) is 4.90 Å². The molecule has 0 saturated carbocycles. The van der Waals surface area contributed by atoms with E-state index in [4.69, 9.17) is 0 Å². The van der Waals surface area contributed by atoms with Crippen molar-refractivity contribution in [2.45, 2.75) is 49.8 Å². The van der Waals surface area contributed by atoms with Gasteiger partial charge in [0.2, 0.25) is 21.8 Å². The summed E-state index contributed by atoms with van der Waals surface area (Å²) in [6.07, 6.45) is 5.40. The molecule has 1 aromatic rings. The molecule has 172 valence electrons. The quantitative estimate of drug-likeness (QED) is 0.636. The summed E-state index contributed by atoms with van der Waals surface area (Å²) in [5.41, 5.74) is 0. The highest BCUT2D eigenvalue weighted by molar-refractivity contribution is 7.89. The van der Waals surface area contributed by atoms with Crippen molar-refractivity contribution in [1.29, 1.82) is 0 Å². The number of carbonyl (C=O) groups excluding carboxylic acids is 2. The zero-order chi connectivity index (χ0) is 22.4. The van der Waals surface area contributed by atoms with Crippen LogP contribution >= 0.6 is 0 Å². The molecule has 0 aliphatic carbocycles. The van der Waals surface area contributed by atoms with Crippen LogP contribution in [0.4, 0.5) is 4.39 Å². The Morgan fingerprint density at radius 3 is 2.23 bits per heavy atom. The molecule has 7 nitrogen and oxygen atoms in total. The fraction of sp³-hybridized carbons (Fsp3) is 0.636. The molecule has 2 aliphatic heterocycles. The van der Waals surface area contributed by atoms with Gasteiger partial charge in [0.15, 0.2) is 0 Å². The second-order valence-electron chi connectivity index (χ2n) is 8.43. The van der Waals surface area contributed by atoms with E-state index >= 15 is 0 Å². The summed E-state index contributed by atoms with van der Waals surface area (Å²) in [6.45, 7) is 3.06. The number of sulfonamides is 1. The highest BCUT2D eigenvalue weighted by atomic mass is 32.2. The lowest BCUT2D eigenvalue weighted by molar-refractivity contribution is -0.141. The van der Waals surface area contributed by atoms with Crippen molar-refractivity contribution in [3.63, 3.8) is 0 Å². The van der Waals surface area contributed by atoms with Crippen molar-refractivity contribution in [2.75, 3.05) is 39.8 Å². The van der Waals surface area contributed by atoms with Crippen LogP contribution in [-0.4, -0.2) is 74.1 Å². The first-order valence-corrected chi connectivity index (χ1v) is 12.5. The molecule has 2 amide bonds. The average molecular weight is 454 g/mol. The first kappa shape index (κ1) is 23.7. The number of hydrogen-bond acceptors (Lipinski definition) is 4. The Bertz CT molecular complexity index is 861. The van der Waals surface area contributed by atoms with Crippen LogP contribution in [0.5, 0.6) is 0 Å². The number of likely N-dealkylation sites (tertiary alicyclic amines) is 2. The molecular weight excluding hydrogens is 421 g/mol. The molecule has 0 bridgehead atoms. The van der Waals surface area contributed by atoms with Crippen LogP contribution < -0.4 is 0 Å². The van der Waals surface area contributed by atoms with Gasteiger partial charge in [-0.25, -0.2) is 17.1 Å². The number of piperidine rings is 2. The van der Waals surface area contributed by atoms with Gasteiger partial charge in [-0.15, -0.1) is 0 Å². The van der Waals surface area contributed by atoms with Gasteiger partial charge >= 0.3 is 0 Å². The molecule has 0 radical (unpaired) electrons. The summed E-state index contributed by atoms with van der Waals surface area (Å²) in [7, 11) is -2.25. The predicted octanol–water partition coefficient (Wildman–Crippen LogP) is 2.48. The molecule has 1 aromatic carbocycles. The van der Waals surface area contributed by atoms with E-state index in [2.05, 4.69) is 0 Å². The molecule has 2 heterocycles. The number of amides is 2. The molecule has 0 atom stereocenters. The van der Waals surface area contributed by atoms with Crippen molar-refractivity contribution in [3.8, 4) is 0 Å². The minimum absolute atomic E-state index is 0.00329. The van der Waals surface area contributed by atoms with E-state index in [0.29, 0.717) is 32.4 Å². The molecular formula is C22H32FN3O4S. The summed E-state index contributed by atoms with van der Waals surface area (Å²) in [5.74, 6) is -0.251. The van der Waals surface area contributed by atoms with Gasteiger partial charge in [0.25, 0.3) is 0 Å². The lowest BCUT2D eigenvalue weighted by Gasteiger charge is -2.35. The highest BCUT2D eigenvalue weighted by Crippen LogP contribution is 2.23. The first-order valence-electron chi connectivity index (χ1n) is 11.1. The van der Waals surface area contributed by atoms with Crippen molar-refractivity contribution < 1.29 is 22.4 Å². The van der Waals surface area contributed by atoms with E-state index in [9.17, 15) is 22.4 Å². The largest absolute Gasteiger partial charge is 0.343 e. The number of rotatable bonds is 7. The van der Waals surface area contributed by atoms with Gasteiger partial charge in [0.1, 0.15) is 5.82 Å². The monoisotopic (exact) mass is 453 g/mol. The molecule has 31 heavy (non-hydrogen) atoms. The fourth-order valence-electron chi connectivity index (χ4n) is 4.27. The van der Waals surface area contributed by atoms with Gasteiger partial charge in [0.05, 0.1) is 4.90 Å². The van der Waals surface area contributed by atoms with Crippen LogP contribution in [-0.2, 0) is 19.6 Å². The Labute approximate surface area is 184 Å². The van der Waals surface area contributed by atoms with E-state index in [0.717, 1.165) is 38.1 Å². The third-order valence-corrected chi connectivity index (χ3v) is 8.12. The molecule has 3 rings (SSSR count). The van der Waals surface area contributed by atoms with Gasteiger partial charge in [-0.2, -0.15) is 0 Å². The summed E-state index contributed by atoms with van der Waals surface area (Å²) in [5, 5.41) is 0. The van der Waals surface area contributed by atoms with Crippen molar-refractivity contribution in [3.05, 3.63) is 30.1 Å². The molecule has 9 heteroatoms. The second kappa shape index (κ2) is 10.5. The zero-order valence-electron chi connectivity index (χ0n) is 18.1. The fourth-order valence-corrected chi connectivity index (χ4v) is 5.48. The van der Waals surface area contributed by atoms with E-state index < -0.39 is 15.8 Å². The van der Waals surface area contributed by atoms with Crippen LogP contribution in [0.3, 0.4) is 0 Å². The summed E-state index contributed by atoms with van der Waals surface area (Å²) < 4.78 is 39.3. The Balaban J connectivity index is 1.41. The Hall–Kier alpha value is -2.00. The Kier molecular flexibility index (Phi) is 8.05. The maximum Gasteiger partial charge on any atom is 0.242 e. The molecule has 2 aliphatic rings. The topological polar surface area (TPSA) is 78.0 Å². The van der Waals surface area contributed by atoms with Crippen LogP contribution in [0, 0.1) is 11.7 Å². The van der Waals surface area contributed by atoms with Crippen LogP contribution in [0.2, 0.25) is 0 Å². The van der Waals surface area contributed by atoms with Crippen LogP contribution in [0.1, 0.15) is 44.9 Å². The molecule has 2 fully saturated rings. The summed E-state index contributed by atoms with van der Waals surface area (Å²) in [4.78, 5) is 29.0. The molecule has 2 saturated heterocycles. The predicted molar refractivity (Wildman–Crippen MR) is 115 cm³/mol. The zero-order valence-corrected chi connectivity index (χ0v) is 18.9. The minimum Gasteiger partial charge on any atom is -0.343 e. The van der Waals surface area contributed by atoms with Crippen LogP contribution in [0.15, 0.2) is 29.2 Å². The second-order valence-corrected chi connectivity index (χ2v) is 10.5. The van der Waals surface area contributed by atoms with Gasteiger partial charge in [-0.1, -0.05) is 0 Å². The summed E-state index contributed by atoms with van der Waals surface area (Å²) in [6, 6.07) is 4.71. The molecule has 0 N–H and O–H groups in total. The summed E-state index contributed by atoms with van der Waals surface area (Å²) >= 11 is 0.